The van der Waals surface area contributed by atoms with Crippen molar-refractivity contribution in [3.63, 3.8) is 0 Å². The summed E-state index contributed by atoms with van der Waals surface area (Å²) >= 11 is 1.58. The quantitative estimate of drug-likeness (QED) is 0.583. The van der Waals surface area contributed by atoms with Crippen LogP contribution in [0.1, 0.15) is 5.69 Å². The molecule has 3 heterocycles. The van der Waals surface area contributed by atoms with Gasteiger partial charge in [-0.1, -0.05) is 18.2 Å². The van der Waals surface area contributed by atoms with Crippen LogP contribution < -0.4 is 10.6 Å². The summed E-state index contributed by atoms with van der Waals surface area (Å²) in [6.07, 6.45) is 3.33. The lowest BCUT2D eigenvalue weighted by molar-refractivity contribution is 0.895. The van der Waals surface area contributed by atoms with Crippen LogP contribution in [0, 0.1) is 0 Å². The van der Waals surface area contributed by atoms with Crippen LogP contribution in [0.3, 0.4) is 0 Å². The first kappa shape index (κ1) is 14.6. The van der Waals surface area contributed by atoms with Crippen molar-refractivity contribution < 1.29 is 0 Å². The van der Waals surface area contributed by atoms with E-state index < -0.39 is 0 Å². The van der Waals surface area contributed by atoms with Crippen molar-refractivity contribution >= 4 is 33.3 Å². The highest BCUT2D eigenvalue weighted by Gasteiger charge is 2.11. The minimum atomic E-state index is 0.598. The van der Waals surface area contributed by atoms with Crippen molar-refractivity contribution in [3.8, 4) is 5.69 Å². The van der Waals surface area contributed by atoms with Crippen molar-refractivity contribution in [2.24, 2.45) is 0 Å². The van der Waals surface area contributed by atoms with Crippen LogP contribution in [0.2, 0.25) is 0 Å². The number of nitrogens with one attached hydrogen (secondary N) is 2. The summed E-state index contributed by atoms with van der Waals surface area (Å²) in [4.78, 5) is 13.2. The minimum absolute atomic E-state index is 0.598. The van der Waals surface area contributed by atoms with Gasteiger partial charge in [-0.2, -0.15) is 5.10 Å². The number of rotatable bonds is 5. The molecule has 0 spiro atoms. The number of benzene rings is 1. The van der Waals surface area contributed by atoms with Crippen LogP contribution in [-0.2, 0) is 6.54 Å². The molecule has 0 atom stereocenters. The van der Waals surface area contributed by atoms with Crippen molar-refractivity contribution in [2.45, 2.75) is 6.54 Å². The zero-order valence-corrected chi connectivity index (χ0v) is 13.8. The molecule has 4 rings (SSSR count). The van der Waals surface area contributed by atoms with Crippen molar-refractivity contribution in [2.75, 3.05) is 17.7 Å². The molecule has 0 aliphatic heterocycles. The van der Waals surface area contributed by atoms with E-state index in [9.17, 15) is 0 Å². The Labute approximate surface area is 142 Å². The van der Waals surface area contributed by atoms with Crippen LogP contribution in [0.5, 0.6) is 0 Å². The summed E-state index contributed by atoms with van der Waals surface area (Å²) in [7, 11) is 1.86. The van der Waals surface area contributed by atoms with Crippen LogP contribution in [0.25, 0.3) is 16.7 Å². The molecule has 7 nitrogen and oxygen atoms in total. The number of hydrogen-bond donors (Lipinski definition) is 2. The SMILES string of the molecule is CNc1nc(CNc2ncnc3c2cnn3-c2ccccc2)cs1. The molecule has 24 heavy (non-hydrogen) atoms. The third kappa shape index (κ3) is 2.67. The van der Waals surface area contributed by atoms with Gasteiger partial charge < -0.3 is 10.6 Å². The number of thiazole rings is 1. The molecule has 0 saturated carbocycles. The minimum Gasteiger partial charge on any atom is -0.365 e. The molecule has 0 radical (unpaired) electrons. The van der Waals surface area contributed by atoms with Crippen molar-refractivity contribution in [3.05, 3.63) is 53.9 Å². The second-order valence-electron chi connectivity index (χ2n) is 5.10. The number of anilines is 2. The topological polar surface area (TPSA) is 80.6 Å². The van der Waals surface area contributed by atoms with E-state index in [0.717, 1.165) is 33.4 Å². The van der Waals surface area contributed by atoms with E-state index in [1.807, 2.05) is 47.4 Å². The van der Waals surface area contributed by atoms with Gasteiger partial charge in [-0.3, -0.25) is 0 Å². The predicted octanol–water partition coefficient (Wildman–Crippen LogP) is 2.93. The average molecular weight is 337 g/mol. The molecule has 2 N–H and O–H groups in total. The Morgan fingerprint density at radius 2 is 2.04 bits per heavy atom. The summed E-state index contributed by atoms with van der Waals surface area (Å²) in [5.74, 6) is 0.751. The Hall–Kier alpha value is -3.00. The number of nitrogens with zero attached hydrogens (tertiary/aromatic N) is 5. The van der Waals surface area contributed by atoms with Gasteiger partial charge in [0.05, 0.1) is 29.5 Å². The fourth-order valence-electron chi connectivity index (χ4n) is 2.42. The molecule has 4 aromatic rings. The standard InChI is InChI=1S/C16H15N7S/c1-17-16-22-11(9-24-16)7-18-14-13-8-21-23(15(13)20-10-19-14)12-5-3-2-4-6-12/h2-6,8-10H,7H2,1H3,(H,17,22)(H,18,19,20). The number of para-hydroxylation sites is 1. The highest BCUT2D eigenvalue weighted by Crippen LogP contribution is 2.22. The molecule has 0 amide bonds. The third-order valence-electron chi connectivity index (χ3n) is 3.57. The molecule has 0 unspecified atom stereocenters. The second-order valence-corrected chi connectivity index (χ2v) is 5.96. The number of fused-ring (bicyclic) bond motifs is 1. The summed E-state index contributed by atoms with van der Waals surface area (Å²) in [5.41, 5.74) is 2.70. The number of aromatic nitrogens is 5. The van der Waals surface area contributed by atoms with Crippen LogP contribution in [-0.4, -0.2) is 31.8 Å². The zero-order valence-electron chi connectivity index (χ0n) is 13.0. The van der Waals surface area contributed by atoms with E-state index in [2.05, 4.69) is 30.7 Å². The average Bonchev–Trinajstić information content (AvgIpc) is 3.27. The van der Waals surface area contributed by atoms with E-state index in [1.54, 1.807) is 23.9 Å². The van der Waals surface area contributed by atoms with E-state index in [-0.39, 0.29) is 0 Å². The van der Waals surface area contributed by atoms with Gasteiger partial charge in [0.15, 0.2) is 10.8 Å². The lowest BCUT2D eigenvalue weighted by Crippen LogP contribution is -2.03. The Morgan fingerprint density at radius 1 is 1.17 bits per heavy atom. The maximum absolute atomic E-state index is 4.46. The smallest absolute Gasteiger partial charge is 0.182 e. The monoisotopic (exact) mass is 337 g/mol. The van der Waals surface area contributed by atoms with Gasteiger partial charge in [-0.15, -0.1) is 11.3 Å². The lowest BCUT2D eigenvalue weighted by atomic mass is 10.3. The van der Waals surface area contributed by atoms with Gasteiger partial charge in [-0.25, -0.2) is 19.6 Å². The maximum Gasteiger partial charge on any atom is 0.182 e. The molecule has 0 aliphatic rings. The molecule has 0 aliphatic carbocycles. The van der Waals surface area contributed by atoms with E-state index >= 15 is 0 Å². The first-order valence-electron chi connectivity index (χ1n) is 7.45. The van der Waals surface area contributed by atoms with Crippen molar-refractivity contribution in [1.82, 2.24) is 24.7 Å². The normalized spacial score (nSPS) is 10.9. The van der Waals surface area contributed by atoms with Crippen LogP contribution >= 0.6 is 11.3 Å². The largest absolute Gasteiger partial charge is 0.365 e. The van der Waals surface area contributed by atoms with E-state index in [0.29, 0.717) is 6.54 Å². The Kier molecular flexibility index (Phi) is 3.80. The van der Waals surface area contributed by atoms with Gasteiger partial charge in [-0.05, 0) is 12.1 Å². The molecule has 8 heteroatoms. The molecular formula is C16H15N7S. The predicted molar refractivity (Wildman–Crippen MR) is 95.6 cm³/mol. The number of hydrogen-bond acceptors (Lipinski definition) is 7. The third-order valence-corrected chi connectivity index (χ3v) is 4.48. The van der Waals surface area contributed by atoms with Crippen molar-refractivity contribution in [1.29, 1.82) is 0 Å². The van der Waals surface area contributed by atoms with Gasteiger partial charge in [0.1, 0.15) is 12.1 Å². The Balaban J connectivity index is 1.63. The Bertz CT molecular complexity index is 961. The second kappa shape index (κ2) is 6.25. The highest BCUT2D eigenvalue weighted by molar-refractivity contribution is 7.13. The summed E-state index contributed by atoms with van der Waals surface area (Å²) in [6.45, 7) is 0.598. The molecule has 0 fully saturated rings. The first-order valence-corrected chi connectivity index (χ1v) is 8.33. The summed E-state index contributed by atoms with van der Waals surface area (Å²) in [5, 5.41) is 14.6. The van der Waals surface area contributed by atoms with Gasteiger partial charge in [0.2, 0.25) is 0 Å². The molecule has 120 valence electrons. The van der Waals surface area contributed by atoms with Gasteiger partial charge in [0, 0.05) is 12.4 Å². The lowest BCUT2D eigenvalue weighted by Gasteiger charge is -2.05. The molecule has 1 aromatic carbocycles. The van der Waals surface area contributed by atoms with Crippen LogP contribution in [0.4, 0.5) is 10.9 Å². The van der Waals surface area contributed by atoms with Gasteiger partial charge >= 0.3 is 0 Å². The maximum atomic E-state index is 4.46. The zero-order chi connectivity index (χ0) is 16.4. The fraction of sp³-hybridized carbons (Fsp3) is 0.125. The molecular weight excluding hydrogens is 322 g/mol. The Morgan fingerprint density at radius 3 is 2.83 bits per heavy atom. The molecule has 3 aromatic heterocycles. The first-order chi connectivity index (χ1) is 11.8. The highest BCUT2D eigenvalue weighted by atomic mass is 32.1. The summed E-state index contributed by atoms with van der Waals surface area (Å²) in [6, 6.07) is 9.92. The van der Waals surface area contributed by atoms with E-state index in [4.69, 9.17) is 0 Å². The summed E-state index contributed by atoms with van der Waals surface area (Å²) < 4.78 is 1.81. The van der Waals surface area contributed by atoms with E-state index in [1.165, 1.54) is 0 Å². The van der Waals surface area contributed by atoms with Gasteiger partial charge in [0.25, 0.3) is 0 Å². The molecule has 0 saturated heterocycles. The van der Waals surface area contributed by atoms with Crippen LogP contribution in [0.15, 0.2) is 48.2 Å². The fourth-order valence-corrected chi connectivity index (χ4v) is 3.09. The molecule has 0 bridgehead atoms.